The topological polar surface area (TPSA) is 65.4 Å². The van der Waals surface area contributed by atoms with E-state index in [1.807, 2.05) is 66.3 Å². The van der Waals surface area contributed by atoms with E-state index in [2.05, 4.69) is 35.5 Å². The van der Waals surface area contributed by atoms with Gasteiger partial charge in [-0.05, 0) is 61.4 Å². The van der Waals surface area contributed by atoms with Crippen molar-refractivity contribution in [3.63, 3.8) is 0 Å². The van der Waals surface area contributed by atoms with Crippen LogP contribution in [0.1, 0.15) is 34.0 Å². The maximum absolute atomic E-state index is 12.7. The van der Waals surface area contributed by atoms with Crippen molar-refractivity contribution in [1.82, 2.24) is 9.78 Å². The highest BCUT2D eigenvalue weighted by atomic mass is 16.5. The number of ether oxygens (including phenoxy) is 2. The van der Waals surface area contributed by atoms with Crippen molar-refractivity contribution in [3.8, 4) is 11.5 Å². The first kappa shape index (κ1) is 22.1. The van der Waals surface area contributed by atoms with Gasteiger partial charge in [0.25, 0.3) is 5.91 Å². The molecule has 6 nitrogen and oxygen atoms in total. The second-order valence-electron chi connectivity index (χ2n) is 7.76. The third kappa shape index (κ3) is 6.23. The van der Waals surface area contributed by atoms with Crippen LogP contribution in [0.25, 0.3) is 0 Å². The second-order valence-corrected chi connectivity index (χ2v) is 7.76. The van der Waals surface area contributed by atoms with E-state index in [0.717, 1.165) is 22.6 Å². The highest BCUT2D eigenvalue weighted by Crippen LogP contribution is 2.19. The monoisotopic (exact) mass is 441 g/mol. The molecule has 0 saturated heterocycles. The predicted octanol–water partition coefficient (Wildman–Crippen LogP) is 5.47. The van der Waals surface area contributed by atoms with Gasteiger partial charge in [0.15, 0.2) is 0 Å². The van der Waals surface area contributed by atoms with Gasteiger partial charge in [0.1, 0.15) is 18.1 Å². The quantitative estimate of drug-likeness (QED) is 0.374. The third-order valence-corrected chi connectivity index (χ3v) is 5.05. The van der Waals surface area contributed by atoms with Crippen LogP contribution in [0.15, 0.2) is 85.2 Å². The Balaban J connectivity index is 1.34. The molecule has 0 unspecified atom stereocenters. The average Bonchev–Trinajstić information content (AvgIpc) is 3.25. The van der Waals surface area contributed by atoms with Crippen molar-refractivity contribution in [2.45, 2.75) is 27.0 Å². The van der Waals surface area contributed by atoms with Gasteiger partial charge in [-0.25, -0.2) is 0 Å². The van der Waals surface area contributed by atoms with Crippen LogP contribution in [-0.4, -0.2) is 22.3 Å². The molecule has 0 aliphatic rings. The molecule has 0 aliphatic heterocycles. The van der Waals surface area contributed by atoms with Crippen molar-refractivity contribution in [2.24, 2.45) is 0 Å². The molecule has 33 heavy (non-hydrogen) atoms. The number of benzene rings is 3. The zero-order valence-electron chi connectivity index (χ0n) is 18.8. The third-order valence-electron chi connectivity index (χ3n) is 5.05. The zero-order valence-corrected chi connectivity index (χ0v) is 18.8. The first-order valence-electron chi connectivity index (χ1n) is 10.9. The van der Waals surface area contributed by atoms with Crippen LogP contribution in [0.2, 0.25) is 0 Å². The smallest absolute Gasteiger partial charge is 0.255 e. The molecule has 0 bridgehead atoms. The summed E-state index contributed by atoms with van der Waals surface area (Å²) in [6.07, 6.45) is 3.49. The molecule has 0 fully saturated rings. The Hall–Kier alpha value is -4.06. The van der Waals surface area contributed by atoms with E-state index in [4.69, 9.17) is 9.47 Å². The number of carbonyl (C=O) groups is 1. The number of rotatable bonds is 9. The van der Waals surface area contributed by atoms with Crippen LogP contribution in [0.5, 0.6) is 11.5 Å². The number of carbonyl (C=O) groups excluding carboxylic acids is 1. The van der Waals surface area contributed by atoms with Crippen molar-refractivity contribution >= 4 is 11.6 Å². The summed E-state index contributed by atoms with van der Waals surface area (Å²) in [4.78, 5) is 12.7. The SMILES string of the molecule is CCOc1ccc(OCc2cccc(C(=O)Nc3cnn(Cc4cccc(C)c4)c3)c2)cc1. The van der Waals surface area contributed by atoms with Crippen LogP contribution < -0.4 is 14.8 Å². The number of amides is 1. The van der Waals surface area contributed by atoms with Gasteiger partial charge in [-0.3, -0.25) is 9.48 Å². The van der Waals surface area contributed by atoms with Crippen LogP contribution in [0.3, 0.4) is 0 Å². The maximum atomic E-state index is 12.7. The Kier molecular flexibility index (Phi) is 7.05. The van der Waals surface area contributed by atoms with Gasteiger partial charge < -0.3 is 14.8 Å². The molecule has 3 aromatic carbocycles. The summed E-state index contributed by atoms with van der Waals surface area (Å²) < 4.78 is 13.1. The van der Waals surface area contributed by atoms with Gasteiger partial charge in [0.05, 0.1) is 25.0 Å². The first-order chi connectivity index (χ1) is 16.1. The predicted molar refractivity (Wildman–Crippen MR) is 129 cm³/mol. The largest absolute Gasteiger partial charge is 0.494 e. The van der Waals surface area contributed by atoms with E-state index in [0.29, 0.717) is 31.0 Å². The van der Waals surface area contributed by atoms with Crippen LogP contribution >= 0.6 is 0 Å². The molecule has 0 aliphatic carbocycles. The van der Waals surface area contributed by atoms with Gasteiger partial charge in [0.2, 0.25) is 0 Å². The molecule has 0 spiro atoms. The van der Waals surface area contributed by atoms with E-state index in [9.17, 15) is 4.79 Å². The molecule has 0 saturated carbocycles. The summed E-state index contributed by atoms with van der Waals surface area (Å²) in [6, 6.07) is 23.2. The second kappa shape index (κ2) is 10.5. The van der Waals surface area contributed by atoms with Gasteiger partial charge >= 0.3 is 0 Å². The summed E-state index contributed by atoms with van der Waals surface area (Å²) in [6.45, 7) is 5.66. The summed E-state index contributed by atoms with van der Waals surface area (Å²) >= 11 is 0. The fourth-order valence-corrected chi connectivity index (χ4v) is 3.48. The average molecular weight is 442 g/mol. The van der Waals surface area contributed by atoms with E-state index in [1.165, 1.54) is 5.56 Å². The molecular formula is C27H27N3O3. The van der Waals surface area contributed by atoms with E-state index < -0.39 is 0 Å². The minimum absolute atomic E-state index is 0.187. The lowest BCUT2D eigenvalue weighted by atomic mass is 10.1. The highest BCUT2D eigenvalue weighted by molar-refractivity contribution is 6.04. The Morgan fingerprint density at radius 1 is 0.939 bits per heavy atom. The lowest BCUT2D eigenvalue weighted by Crippen LogP contribution is -2.12. The number of anilines is 1. The van der Waals surface area contributed by atoms with Gasteiger partial charge in [0, 0.05) is 11.8 Å². The van der Waals surface area contributed by atoms with Crippen molar-refractivity contribution in [1.29, 1.82) is 0 Å². The molecule has 168 valence electrons. The number of nitrogens with zero attached hydrogens (tertiary/aromatic N) is 2. The van der Waals surface area contributed by atoms with Crippen LogP contribution in [0.4, 0.5) is 5.69 Å². The molecular weight excluding hydrogens is 414 g/mol. The maximum Gasteiger partial charge on any atom is 0.255 e. The number of aromatic nitrogens is 2. The van der Waals surface area contributed by atoms with Crippen molar-refractivity contribution < 1.29 is 14.3 Å². The fraction of sp³-hybridized carbons (Fsp3) is 0.185. The van der Waals surface area contributed by atoms with Crippen molar-refractivity contribution in [2.75, 3.05) is 11.9 Å². The van der Waals surface area contributed by atoms with Crippen molar-refractivity contribution in [3.05, 3.63) is 107 Å². The molecule has 6 heteroatoms. The Morgan fingerprint density at radius 3 is 2.42 bits per heavy atom. The summed E-state index contributed by atoms with van der Waals surface area (Å²) in [5.41, 5.74) is 4.50. The minimum Gasteiger partial charge on any atom is -0.494 e. The lowest BCUT2D eigenvalue weighted by molar-refractivity contribution is 0.102. The number of hydrogen-bond donors (Lipinski definition) is 1. The summed E-state index contributed by atoms with van der Waals surface area (Å²) in [5.74, 6) is 1.37. The Bertz CT molecular complexity index is 1220. The molecule has 4 rings (SSSR count). The minimum atomic E-state index is -0.187. The number of nitrogens with one attached hydrogen (secondary N) is 1. The summed E-state index contributed by atoms with van der Waals surface area (Å²) in [5, 5.41) is 7.28. The Labute approximate surface area is 193 Å². The standard InChI is InChI=1S/C27H27N3O3/c1-3-32-25-10-12-26(13-11-25)33-19-22-8-5-9-23(15-22)27(31)29-24-16-28-30(18-24)17-21-7-4-6-20(2)14-21/h4-16,18H,3,17,19H2,1-2H3,(H,29,31). The summed E-state index contributed by atoms with van der Waals surface area (Å²) in [7, 11) is 0. The zero-order chi connectivity index (χ0) is 23.0. The molecule has 0 atom stereocenters. The van der Waals surface area contributed by atoms with Gasteiger partial charge in [-0.2, -0.15) is 5.10 Å². The first-order valence-corrected chi connectivity index (χ1v) is 10.9. The molecule has 1 N–H and O–H groups in total. The van der Waals surface area contributed by atoms with E-state index in [-0.39, 0.29) is 5.91 Å². The number of aryl methyl sites for hydroxylation is 1. The van der Waals surface area contributed by atoms with E-state index in [1.54, 1.807) is 12.3 Å². The molecule has 1 amide bonds. The van der Waals surface area contributed by atoms with Gasteiger partial charge in [-0.1, -0.05) is 42.0 Å². The van der Waals surface area contributed by atoms with E-state index >= 15 is 0 Å². The number of hydrogen-bond acceptors (Lipinski definition) is 4. The highest BCUT2D eigenvalue weighted by Gasteiger charge is 2.09. The van der Waals surface area contributed by atoms with Crippen LogP contribution in [-0.2, 0) is 13.2 Å². The molecule has 4 aromatic rings. The lowest BCUT2D eigenvalue weighted by Gasteiger charge is -2.09. The fourth-order valence-electron chi connectivity index (χ4n) is 3.48. The van der Waals surface area contributed by atoms with Crippen LogP contribution in [0, 0.1) is 6.92 Å². The molecule has 0 radical (unpaired) electrons. The van der Waals surface area contributed by atoms with Gasteiger partial charge in [-0.15, -0.1) is 0 Å². The Morgan fingerprint density at radius 2 is 1.67 bits per heavy atom. The normalized spacial score (nSPS) is 10.6. The molecule has 1 heterocycles. The molecule has 1 aromatic heterocycles.